The first-order chi connectivity index (χ1) is 11.7. The highest BCUT2D eigenvalue weighted by Crippen LogP contribution is 2.23. The molecule has 2 atom stereocenters. The molecule has 1 aromatic rings. The third-order valence-corrected chi connectivity index (χ3v) is 4.50. The molecule has 0 unspecified atom stereocenters. The second-order valence-electron chi connectivity index (χ2n) is 6.14. The summed E-state index contributed by atoms with van der Waals surface area (Å²) in [7, 11) is 0. The summed E-state index contributed by atoms with van der Waals surface area (Å²) in [4.78, 5) is 14.8. The highest BCUT2D eigenvalue weighted by Gasteiger charge is 2.29. The number of nitrogens with zero attached hydrogens (tertiary/aromatic N) is 1. The van der Waals surface area contributed by atoms with Crippen molar-refractivity contribution >= 4 is 5.91 Å². The molecule has 0 bridgehead atoms. The molecule has 2 N–H and O–H groups in total. The summed E-state index contributed by atoms with van der Waals surface area (Å²) in [6, 6.07) is 5.70. The molecule has 1 aliphatic heterocycles. The maximum atomic E-state index is 13.6. The Labute approximate surface area is 142 Å². The molecule has 0 spiro atoms. The fourth-order valence-corrected chi connectivity index (χ4v) is 3.02. The third kappa shape index (κ3) is 5.26. The molecule has 5 nitrogen and oxygen atoms in total. The molecular weight excluding hydrogens is 311 g/mol. The van der Waals surface area contributed by atoms with Crippen LogP contribution in [0.3, 0.4) is 0 Å². The van der Waals surface area contributed by atoms with Gasteiger partial charge in [0.05, 0.1) is 13.2 Å². The number of rotatable bonds is 8. The van der Waals surface area contributed by atoms with Crippen molar-refractivity contribution < 1.29 is 19.0 Å². The monoisotopic (exact) mass is 338 g/mol. The third-order valence-electron chi connectivity index (χ3n) is 4.50. The van der Waals surface area contributed by atoms with E-state index in [1.165, 1.54) is 12.1 Å². The quantitative estimate of drug-likeness (QED) is 0.758. The fourth-order valence-electron chi connectivity index (χ4n) is 3.02. The van der Waals surface area contributed by atoms with Crippen molar-refractivity contribution in [3.8, 4) is 0 Å². The van der Waals surface area contributed by atoms with E-state index in [1.54, 1.807) is 12.1 Å². The van der Waals surface area contributed by atoms with Gasteiger partial charge in [-0.2, -0.15) is 0 Å². The van der Waals surface area contributed by atoms with E-state index in [9.17, 15) is 9.18 Å². The lowest BCUT2D eigenvalue weighted by molar-refractivity contribution is -0.128. The summed E-state index contributed by atoms with van der Waals surface area (Å²) in [6.45, 7) is 5.10. The van der Waals surface area contributed by atoms with Gasteiger partial charge in [-0.1, -0.05) is 25.5 Å². The Bertz CT molecular complexity index is 521. The minimum atomic E-state index is -0.517. The van der Waals surface area contributed by atoms with E-state index in [4.69, 9.17) is 9.84 Å². The Morgan fingerprint density at radius 3 is 2.79 bits per heavy atom. The number of ether oxygens (including phenoxy) is 1. The summed E-state index contributed by atoms with van der Waals surface area (Å²) in [5.41, 5.74) is 0.657. The fraction of sp³-hybridized carbons (Fsp3) is 0.611. The van der Waals surface area contributed by atoms with Gasteiger partial charge in [0.1, 0.15) is 11.9 Å². The van der Waals surface area contributed by atoms with Crippen LogP contribution >= 0.6 is 0 Å². The van der Waals surface area contributed by atoms with E-state index in [-0.39, 0.29) is 24.2 Å². The van der Waals surface area contributed by atoms with Gasteiger partial charge in [0.15, 0.2) is 0 Å². The number of amides is 1. The second-order valence-corrected chi connectivity index (χ2v) is 6.14. The summed E-state index contributed by atoms with van der Waals surface area (Å²) >= 11 is 0. The average molecular weight is 338 g/mol. The van der Waals surface area contributed by atoms with Crippen molar-refractivity contribution in [3.63, 3.8) is 0 Å². The maximum Gasteiger partial charge on any atom is 0.241 e. The lowest BCUT2D eigenvalue weighted by Gasteiger charge is -2.34. The zero-order chi connectivity index (χ0) is 17.4. The Morgan fingerprint density at radius 1 is 1.42 bits per heavy atom. The van der Waals surface area contributed by atoms with Gasteiger partial charge in [0.25, 0.3) is 0 Å². The topological polar surface area (TPSA) is 61.8 Å². The number of aliphatic hydroxyl groups excluding tert-OH is 1. The highest BCUT2D eigenvalue weighted by atomic mass is 19.1. The standard InChI is InChI=1S/C18H27FN2O3/c1-2-14(6-9-22)13-20-18(23)17(21-7-10-24-11-8-21)15-4-3-5-16(19)12-15/h3-5,12,14,17,22H,2,6-11,13H2,1H3,(H,20,23)/t14-,17+/m0/s1. The lowest BCUT2D eigenvalue weighted by Crippen LogP contribution is -2.46. The van der Waals surface area contributed by atoms with Gasteiger partial charge < -0.3 is 15.2 Å². The number of hydrogen-bond acceptors (Lipinski definition) is 4. The van der Waals surface area contributed by atoms with Crippen molar-refractivity contribution in [2.24, 2.45) is 5.92 Å². The number of nitrogens with one attached hydrogen (secondary N) is 1. The van der Waals surface area contributed by atoms with Crippen molar-refractivity contribution in [1.29, 1.82) is 0 Å². The number of carbonyl (C=O) groups is 1. The predicted octanol–water partition coefficient (Wildman–Crippen LogP) is 1.72. The van der Waals surface area contributed by atoms with Gasteiger partial charge in [-0.25, -0.2) is 4.39 Å². The number of carbonyl (C=O) groups excluding carboxylic acids is 1. The zero-order valence-corrected chi connectivity index (χ0v) is 14.2. The summed E-state index contributed by atoms with van der Waals surface area (Å²) in [5.74, 6) is -0.221. The number of morpholine rings is 1. The van der Waals surface area contributed by atoms with Gasteiger partial charge in [-0.05, 0) is 30.0 Å². The second kappa shape index (κ2) is 9.71. The molecule has 0 saturated carbocycles. The molecule has 1 fully saturated rings. The molecule has 0 radical (unpaired) electrons. The SMILES string of the molecule is CC[C@@H](CCO)CNC(=O)[C@@H](c1cccc(F)c1)N1CCOCC1. The van der Waals surface area contributed by atoms with Gasteiger partial charge in [0, 0.05) is 26.2 Å². The van der Waals surface area contributed by atoms with Crippen molar-refractivity contribution in [2.75, 3.05) is 39.5 Å². The molecular formula is C18H27FN2O3. The summed E-state index contributed by atoms with van der Waals surface area (Å²) in [5, 5.41) is 12.1. The number of benzene rings is 1. The largest absolute Gasteiger partial charge is 0.396 e. The van der Waals surface area contributed by atoms with E-state index in [1.807, 2.05) is 11.8 Å². The number of hydrogen-bond donors (Lipinski definition) is 2. The van der Waals surface area contributed by atoms with Crippen LogP contribution in [-0.2, 0) is 9.53 Å². The first-order valence-electron chi connectivity index (χ1n) is 8.61. The van der Waals surface area contributed by atoms with Crippen LogP contribution in [0.15, 0.2) is 24.3 Å². The van der Waals surface area contributed by atoms with Gasteiger partial charge in [-0.3, -0.25) is 9.69 Å². The van der Waals surface area contributed by atoms with E-state index < -0.39 is 6.04 Å². The molecule has 1 heterocycles. The van der Waals surface area contributed by atoms with Crippen LogP contribution in [0.5, 0.6) is 0 Å². The lowest BCUT2D eigenvalue weighted by atomic mass is 10.0. The smallest absolute Gasteiger partial charge is 0.241 e. The van der Waals surface area contributed by atoms with Crippen LogP contribution in [0, 0.1) is 11.7 Å². The predicted molar refractivity (Wildman–Crippen MR) is 90.0 cm³/mol. The molecule has 0 aliphatic carbocycles. The van der Waals surface area contributed by atoms with E-state index in [0.717, 1.165) is 6.42 Å². The van der Waals surface area contributed by atoms with Gasteiger partial charge in [0.2, 0.25) is 5.91 Å². The van der Waals surface area contributed by atoms with Gasteiger partial charge >= 0.3 is 0 Å². The number of halogens is 1. The van der Waals surface area contributed by atoms with Crippen LogP contribution in [0.2, 0.25) is 0 Å². The average Bonchev–Trinajstić information content (AvgIpc) is 2.60. The first kappa shape index (κ1) is 18.8. The van der Waals surface area contributed by atoms with E-state index >= 15 is 0 Å². The summed E-state index contributed by atoms with van der Waals surface area (Å²) < 4.78 is 19.0. The van der Waals surface area contributed by atoms with Crippen molar-refractivity contribution in [3.05, 3.63) is 35.6 Å². The normalized spacial score (nSPS) is 18.1. The minimum absolute atomic E-state index is 0.116. The van der Waals surface area contributed by atoms with E-state index in [2.05, 4.69) is 5.32 Å². The molecule has 6 heteroatoms. The molecule has 1 aliphatic rings. The van der Waals surface area contributed by atoms with Crippen LogP contribution in [0.4, 0.5) is 4.39 Å². The molecule has 134 valence electrons. The maximum absolute atomic E-state index is 13.6. The first-order valence-corrected chi connectivity index (χ1v) is 8.61. The Hall–Kier alpha value is -1.50. The minimum Gasteiger partial charge on any atom is -0.396 e. The summed E-state index contributed by atoms with van der Waals surface area (Å²) in [6.07, 6.45) is 1.56. The highest BCUT2D eigenvalue weighted by molar-refractivity contribution is 5.83. The van der Waals surface area contributed by atoms with Crippen molar-refractivity contribution in [1.82, 2.24) is 10.2 Å². The molecule has 1 saturated heterocycles. The number of aliphatic hydroxyl groups is 1. The Kier molecular flexibility index (Phi) is 7.62. The zero-order valence-electron chi connectivity index (χ0n) is 14.2. The van der Waals surface area contributed by atoms with Crippen LogP contribution in [0.1, 0.15) is 31.4 Å². The van der Waals surface area contributed by atoms with Crippen LogP contribution < -0.4 is 5.32 Å². The van der Waals surface area contributed by atoms with E-state index in [0.29, 0.717) is 44.8 Å². The van der Waals surface area contributed by atoms with Crippen molar-refractivity contribution in [2.45, 2.75) is 25.8 Å². The molecule has 2 rings (SSSR count). The molecule has 0 aromatic heterocycles. The van der Waals surface area contributed by atoms with Gasteiger partial charge in [-0.15, -0.1) is 0 Å². The Morgan fingerprint density at radius 2 is 2.17 bits per heavy atom. The van der Waals surface area contributed by atoms with Crippen LogP contribution in [-0.4, -0.2) is 55.4 Å². The molecule has 1 amide bonds. The molecule has 1 aromatic carbocycles. The Balaban J connectivity index is 2.11. The van der Waals surface area contributed by atoms with Crippen LogP contribution in [0.25, 0.3) is 0 Å². The molecule has 24 heavy (non-hydrogen) atoms.